The van der Waals surface area contributed by atoms with Crippen LogP contribution in [-0.4, -0.2) is 33.7 Å². The van der Waals surface area contributed by atoms with Crippen LogP contribution in [0.15, 0.2) is 30.5 Å². The van der Waals surface area contributed by atoms with Crippen molar-refractivity contribution >= 4 is 17.5 Å². The smallest absolute Gasteiger partial charge is 0.339 e. The van der Waals surface area contributed by atoms with E-state index >= 15 is 0 Å². The van der Waals surface area contributed by atoms with Crippen LogP contribution in [0.4, 0.5) is 13.2 Å². The fraction of sp³-hybridized carbons (Fsp3) is 0.412. The normalized spacial score (nSPS) is 15.6. The lowest BCUT2D eigenvalue weighted by Crippen LogP contribution is -2.36. The van der Waals surface area contributed by atoms with Gasteiger partial charge in [-0.2, -0.15) is 18.3 Å². The van der Waals surface area contributed by atoms with E-state index in [1.54, 1.807) is 7.05 Å². The van der Waals surface area contributed by atoms with E-state index in [0.29, 0.717) is 5.02 Å². The van der Waals surface area contributed by atoms with Crippen molar-refractivity contribution < 1.29 is 18.0 Å². The van der Waals surface area contributed by atoms with Crippen molar-refractivity contribution in [1.82, 2.24) is 14.7 Å². The number of halogens is 4. The van der Waals surface area contributed by atoms with Crippen LogP contribution < -0.4 is 0 Å². The van der Waals surface area contributed by atoms with E-state index in [0.717, 1.165) is 36.6 Å². The number of hydrogen-bond donors (Lipinski definition) is 0. The van der Waals surface area contributed by atoms with Gasteiger partial charge in [0.05, 0.1) is 17.4 Å². The Bertz CT molecular complexity index is 764. The van der Waals surface area contributed by atoms with E-state index < -0.39 is 23.3 Å². The molecule has 8 heteroatoms. The molecule has 0 aliphatic heterocycles. The highest BCUT2D eigenvalue weighted by molar-refractivity contribution is 6.30. The molecule has 4 nitrogen and oxygen atoms in total. The van der Waals surface area contributed by atoms with Crippen LogP contribution in [-0.2, 0) is 6.18 Å². The largest absolute Gasteiger partial charge is 0.434 e. The monoisotopic (exact) mass is 371 g/mol. The summed E-state index contributed by atoms with van der Waals surface area (Å²) in [5, 5.41) is 4.22. The van der Waals surface area contributed by atoms with Crippen molar-refractivity contribution in [3.8, 4) is 5.69 Å². The van der Waals surface area contributed by atoms with E-state index in [1.807, 2.05) is 0 Å². The highest BCUT2D eigenvalue weighted by atomic mass is 35.5. The molecule has 1 aliphatic rings. The lowest BCUT2D eigenvalue weighted by Gasteiger charge is -2.24. The highest BCUT2D eigenvalue weighted by Gasteiger charge is 2.41. The lowest BCUT2D eigenvalue weighted by atomic mass is 10.1. The van der Waals surface area contributed by atoms with E-state index in [4.69, 9.17) is 11.6 Å². The minimum absolute atomic E-state index is 0.0209. The zero-order chi connectivity index (χ0) is 18.2. The summed E-state index contributed by atoms with van der Waals surface area (Å²) in [4.78, 5) is 14.1. The van der Waals surface area contributed by atoms with Gasteiger partial charge in [0.2, 0.25) is 0 Å². The first-order valence-electron chi connectivity index (χ1n) is 7.97. The van der Waals surface area contributed by atoms with E-state index in [-0.39, 0.29) is 11.7 Å². The quantitative estimate of drug-likeness (QED) is 0.793. The maximum atomic E-state index is 13.7. The first kappa shape index (κ1) is 17.8. The maximum absolute atomic E-state index is 13.7. The molecule has 0 bridgehead atoms. The Morgan fingerprint density at radius 1 is 1.24 bits per heavy atom. The Balaban J connectivity index is 2.02. The molecule has 1 aromatic carbocycles. The van der Waals surface area contributed by atoms with Gasteiger partial charge >= 0.3 is 6.18 Å². The van der Waals surface area contributed by atoms with Gasteiger partial charge in [0.15, 0.2) is 5.69 Å². The standard InChI is InChI=1S/C17H17ClF3N3O/c1-23(12-4-2-3-5-12)16(25)14-10-22-24(15(14)17(19,20)21)13-8-6-11(18)7-9-13/h6-10,12H,2-5H2,1H3. The van der Waals surface area contributed by atoms with Crippen LogP contribution in [0.2, 0.25) is 5.02 Å². The number of hydrogen-bond acceptors (Lipinski definition) is 2. The Labute approximate surface area is 148 Å². The van der Waals surface area contributed by atoms with Gasteiger partial charge in [-0.25, -0.2) is 4.68 Å². The molecule has 2 aromatic rings. The maximum Gasteiger partial charge on any atom is 0.434 e. The number of rotatable bonds is 3. The minimum atomic E-state index is -4.71. The fourth-order valence-electron chi connectivity index (χ4n) is 3.20. The van der Waals surface area contributed by atoms with Gasteiger partial charge in [-0.15, -0.1) is 0 Å². The van der Waals surface area contributed by atoms with Gasteiger partial charge in [0.1, 0.15) is 0 Å². The molecule has 134 valence electrons. The molecule has 1 aromatic heterocycles. The molecule has 0 atom stereocenters. The number of carbonyl (C=O) groups excluding carboxylic acids is 1. The number of amides is 1. The number of nitrogens with zero attached hydrogens (tertiary/aromatic N) is 3. The summed E-state index contributed by atoms with van der Waals surface area (Å²) < 4.78 is 41.7. The summed E-state index contributed by atoms with van der Waals surface area (Å²) in [6.45, 7) is 0. The SMILES string of the molecule is CN(C(=O)c1cnn(-c2ccc(Cl)cc2)c1C(F)(F)F)C1CCCC1. The van der Waals surface area contributed by atoms with E-state index in [9.17, 15) is 18.0 Å². The first-order chi connectivity index (χ1) is 11.8. The second-order valence-electron chi connectivity index (χ2n) is 6.15. The number of aromatic nitrogens is 2. The second kappa shape index (κ2) is 6.71. The van der Waals surface area contributed by atoms with Crippen molar-refractivity contribution in [2.24, 2.45) is 0 Å². The molecule has 1 heterocycles. The summed E-state index contributed by atoms with van der Waals surface area (Å²) in [6, 6.07) is 5.79. The lowest BCUT2D eigenvalue weighted by molar-refractivity contribution is -0.143. The van der Waals surface area contributed by atoms with E-state index in [1.165, 1.54) is 29.2 Å². The molecule has 0 spiro atoms. The van der Waals surface area contributed by atoms with Crippen molar-refractivity contribution in [2.75, 3.05) is 7.05 Å². The van der Waals surface area contributed by atoms with Gasteiger partial charge < -0.3 is 4.90 Å². The van der Waals surface area contributed by atoms with Crippen LogP contribution in [0, 0.1) is 0 Å². The van der Waals surface area contributed by atoms with Crippen molar-refractivity contribution in [3.05, 3.63) is 46.7 Å². The molecule has 1 fully saturated rings. The third-order valence-electron chi connectivity index (χ3n) is 4.53. The first-order valence-corrected chi connectivity index (χ1v) is 8.35. The van der Waals surface area contributed by atoms with Gasteiger partial charge in [-0.3, -0.25) is 4.79 Å². The Hall–Kier alpha value is -2.02. The topological polar surface area (TPSA) is 38.1 Å². The highest BCUT2D eigenvalue weighted by Crippen LogP contribution is 2.35. The van der Waals surface area contributed by atoms with Crippen molar-refractivity contribution in [2.45, 2.75) is 37.9 Å². The molecule has 1 aliphatic carbocycles. The third kappa shape index (κ3) is 3.51. The zero-order valence-electron chi connectivity index (χ0n) is 13.6. The Morgan fingerprint density at radius 2 is 1.84 bits per heavy atom. The molecule has 0 unspecified atom stereocenters. The molecule has 25 heavy (non-hydrogen) atoms. The summed E-state index contributed by atoms with van der Waals surface area (Å²) in [7, 11) is 1.55. The van der Waals surface area contributed by atoms with Gasteiger partial charge in [-0.1, -0.05) is 24.4 Å². The van der Waals surface area contributed by atoms with Crippen LogP contribution >= 0.6 is 11.6 Å². The molecular weight excluding hydrogens is 355 g/mol. The molecule has 0 radical (unpaired) electrons. The van der Waals surface area contributed by atoms with Gasteiger partial charge in [0.25, 0.3) is 5.91 Å². The van der Waals surface area contributed by atoms with Crippen molar-refractivity contribution in [3.63, 3.8) is 0 Å². The molecule has 0 N–H and O–H groups in total. The number of alkyl halides is 3. The van der Waals surface area contributed by atoms with Crippen LogP contribution in [0.1, 0.15) is 41.7 Å². The third-order valence-corrected chi connectivity index (χ3v) is 4.78. The predicted molar refractivity (Wildman–Crippen MR) is 87.9 cm³/mol. The van der Waals surface area contributed by atoms with Gasteiger partial charge in [0, 0.05) is 18.1 Å². The summed E-state index contributed by atoms with van der Waals surface area (Å²) >= 11 is 5.79. The molecule has 1 saturated carbocycles. The fourth-order valence-corrected chi connectivity index (χ4v) is 3.33. The number of carbonyl (C=O) groups is 1. The van der Waals surface area contributed by atoms with Crippen LogP contribution in [0.25, 0.3) is 5.69 Å². The summed E-state index contributed by atoms with van der Waals surface area (Å²) in [6.07, 6.45) is -0.121. The average Bonchev–Trinajstić information content (AvgIpc) is 3.23. The minimum Gasteiger partial charge on any atom is -0.339 e. The van der Waals surface area contributed by atoms with Gasteiger partial charge in [-0.05, 0) is 37.1 Å². The van der Waals surface area contributed by atoms with Crippen molar-refractivity contribution in [1.29, 1.82) is 0 Å². The summed E-state index contributed by atoms with van der Waals surface area (Å²) in [5.74, 6) is -0.653. The van der Waals surface area contributed by atoms with Crippen LogP contribution in [0.3, 0.4) is 0 Å². The Morgan fingerprint density at radius 3 is 2.40 bits per heavy atom. The average molecular weight is 372 g/mol. The molecular formula is C17H17ClF3N3O. The molecule has 3 rings (SSSR count). The van der Waals surface area contributed by atoms with Crippen LogP contribution in [0.5, 0.6) is 0 Å². The van der Waals surface area contributed by atoms with E-state index in [2.05, 4.69) is 5.10 Å². The Kier molecular flexibility index (Phi) is 4.77. The zero-order valence-corrected chi connectivity index (χ0v) is 14.3. The molecule has 0 saturated heterocycles. The summed E-state index contributed by atoms with van der Waals surface area (Å²) in [5.41, 5.74) is -1.30. The predicted octanol–water partition coefficient (Wildman–Crippen LogP) is 4.56. The molecule has 1 amide bonds. The number of benzene rings is 1. The second-order valence-corrected chi connectivity index (χ2v) is 6.58.